The normalized spacial score (nSPS) is 12.1. The molecule has 0 amide bonds. The lowest BCUT2D eigenvalue weighted by Gasteiger charge is -2.34. The summed E-state index contributed by atoms with van der Waals surface area (Å²) in [4.78, 5) is 16.4. The second kappa shape index (κ2) is 5.78. The molecule has 3 heteroatoms. The van der Waals surface area contributed by atoms with Crippen LogP contribution in [0.3, 0.4) is 0 Å². The van der Waals surface area contributed by atoms with E-state index in [1.807, 2.05) is 13.1 Å². The predicted octanol–water partition coefficient (Wildman–Crippen LogP) is 3.61. The van der Waals surface area contributed by atoms with Gasteiger partial charge in [0.15, 0.2) is 5.78 Å². The summed E-state index contributed by atoms with van der Waals surface area (Å²) in [6.45, 7) is 9.12. The fourth-order valence-corrected chi connectivity index (χ4v) is 2.37. The predicted molar refractivity (Wildman–Crippen MR) is 75.0 cm³/mol. The Labute approximate surface area is 109 Å². The molecule has 0 saturated carbocycles. The highest BCUT2D eigenvalue weighted by Gasteiger charge is 2.23. The molecule has 0 unspecified atom stereocenters. The van der Waals surface area contributed by atoms with Crippen LogP contribution in [0.15, 0.2) is 12.1 Å². The molecule has 1 heterocycles. The van der Waals surface area contributed by atoms with Crippen molar-refractivity contribution >= 4 is 17.1 Å². The summed E-state index contributed by atoms with van der Waals surface area (Å²) in [5.74, 6) is 0.235. The van der Waals surface area contributed by atoms with Crippen LogP contribution < -0.4 is 0 Å². The fourth-order valence-electron chi connectivity index (χ4n) is 1.50. The van der Waals surface area contributed by atoms with Crippen LogP contribution >= 0.6 is 11.3 Å². The van der Waals surface area contributed by atoms with Crippen LogP contribution in [0.5, 0.6) is 0 Å². The van der Waals surface area contributed by atoms with Crippen LogP contribution in [0, 0.1) is 0 Å². The topological polar surface area (TPSA) is 20.3 Å². The first-order chi connectivity index (χ1) is 7.90. The zero-order valence-electron chi connectivity index (χ0n) is 11.5. The van der Waals surface area contributed by atoms with Gasteiger partial charge in [-0.15, -0.1) is 11.3 Å². The molecule has 0 aliphatic rings. The smallest absolute Gasteiger partial charge is 0.186 e. The first-order valence-corrected chi connectivity index (χ1v) is 7.05. The number of ketones is 1. The van der Waals surface area contributed by atoms with E-state index in [1.165, 1.54) is 4.88 Å². The largest absolute Gasteiger partial charge is 0.294 e. The standard InChI is InChI=1S/C14H23NOS/c1-6-11-8-9-13(17-11)12(16)10-15(5)14(3,4)7-2/h8-9H,6-7,10H2,1-5H3. The van der Waals surface area contributed by atoms with E-state index in [4.69, 9.17) is 0 Å². The van der Waals surface area contributed by atoms with Gasteiger partial charge < -0.3 is 0 Å². The average molecular weight is 253 g/mol. The van der Waals surface area contributed by atoms with E-state index >= 15 is 0 Å². The molecule has 2 nitrogen and oxygen atoms in total. The average Bonchev–Trinajstić information content (AvgIpc) is 2.77. The van der Waals surface area contributed by atoms with Crippen molar-refractivity contribution in [1.82, 2.24) is 4.90 Å². The number of hydrogen-bond donors (Lipinski definition) is 0. The van der Waals surface area contributed by atoms with Crippen LogP contribution in [-0.2, 0) is 6.42 Å². The molecule has 0 spiro atoms. The number of aryl methyl sites for hydroxylation is 1. The second-order valence-corrected chi connectivity index (χ2v) is 6.23. The van der Waals surface area contributed by atoms with E-state index < -0.39 is 0 Å². The van der Waals surface area contributed by atoms with Gasteiger partial charge in [0, 0.05) is 10.4 Å². The maximum absolute atomic E-state index is 12.1. The number of carbonyl (C=O) groups excluding carboxylic acids is 1. The Kier molecular flexibility index (Phi) is 4.90. The quantitative estimate of drug-likeness (QED) is 0.722. The third kappa shape index (κ3) is 3.65. The Hall–Kier alpha value is -0.670. The van der Waals surface area contributed by atoms with Crippen molar-refractivity contribution in [3.05, 3.63) is 21.9 Å². The number of thiophene rings is 1. The lowest BCUT2D eigenvalue weighted by atomic mass is 10.00. The van der Waals surface area contributed by atoms with Gasteiger partial charge in [0.25, 0.3) is 0 Å². The molecule has 0 fully saturated rings. The third-order valence-electron chi connectivity index (χ3n) is 3.56. The molecule has 17 heavy (non-hydrogen) atoms. The van der Waals surface area contributed by atoms with E-state index in [1.54, 1.807) is 11.3 Å². The minimum absolute atomic E-state index is 0.0838. The third-order valence-corrected chi connectivity index (χ3v) is 4.83. The monoisotopic (exact) mass is 253 g/mol. The van der Waals surface area contributed by atoms with E-state index in [9.17, 15) is 4.79 Å². The number of nitrogens with zero attached hydrogens (tertiary/aromatic N) is 1. The maximum atomic E-state index is 12.1. The molecule has 1 aromatic rings. The van der Waals surface area contributed by atoms with Crippen molar-refractivity contribution in [2.24, 2.45) is 0 Å². The summed E-state index contributed by atoms with van der Waals surface area (Å²) in [6.07, 6.45) is 2.05. The zero-order chi connectivity index (χ0) is 13.1. The summed E-state index contributed by atoms with van der Waals surface area (Å²) in [6, 6.07) is 4.02. The first-order valence-electron chi connectivity index (χ1n) is 6.23. The van der Waals surface area contributed by atoms with Gasteiger partial charge in [0.05, 0.1) is 11.4 Å². The van der Waals surface area contributed by atoms with Crippen molar-refractivity contribution in [3.63, 3.8) is 0 Å². The van der Waals surface area contributed by atoms with Gasteiger partial charge in [-0.1, -0.05) is 13.8 Å². The summed E-state index contributed by atoms with van der Waals surface area (Å²) in [5, 5.41) is 0. The van der Waals surface area contributed by atoms with Crippen LogP contribution in [0.2, 0.25) is 0 Å². The van der Waals surface area contributed by atoms with Crippen molar-refractivity contribution < 1.29 is 4.79 Å². The summed E-state index contributed by atoms with van der Waals surface area (Å²) in [5.41, 5.74) is 0.0838. The Balaban J connectivity index is 2.66. The van der Waals surface area contributed by atoms with Crippen molar-refractivity contribution in [2.45, 2.75) is 46.1 Å². The van der Waals surface area contributed by atoms with E-state index in [-0.39, 0.29) is 11.3 Å². The zero-order valence-corrected chi connectivity index (χ0v) is 12.4. The molecule has 1 aromatic heterocycles. The van der Waals surface area contributed by atoms with E-state index in [0.29, 0.717) is 6.54 Å². The number of Topliss-reactive ketones (excluding diaryl/α,β-unsaturated/α-hetero) is 1. The Morgan fingerprint density at radius 2 is 2.00 bits per heavy atom. The van der Waals surface area contributed by atoms with Crippen molar-refractivity contribution in [2.75, 3.05) is 13.6 Å². The molecule has 0 aliphatic carbocycles. The van der Waals surface area contributed by atoms with E-state index in [0.717, 1.165) is 17.7 Å². The Bertz CT molecular complexity index is 381. The second-order valence-electron chi connectivity index (χ2n) is 5.06. The summed E-state index contributed by atoms with van der Waals surface area (Å²) in [7, 11) is 2.02. The number of likely N-dealkylation sites (N-methyl/N-ethyl adjacent to an activating group) is 1. The van der Waals surface area contributed by atoms with Gasteiger partial charge in [0.2, 0.25) is 0 Å². The fraction of sp³-hybridized carbons (Fsp3) is 0.643. The van der Waals surface area contributed by atoms with Gasteiger partial charge in [-0.25, -0.2) is 0 Å². The first kappa shape index (κ1) is 14.4. The molecule has 0 aromatic carbocycles. The lowest BCUT2D eigenvalue weighted by Crippen LogP contribution is -2.43. The van der Waals surface area contributed by atoms with Gasteiger partial charge in [-0.05, 0) is 45.9 Å². The van der Waals surface area contributed by atoms with Gasteiger partial charge in [-0.3, -0.25) is 9.69 Å². The molecule has 0 atom stereocenters. The Morgan fingerprint density at radius 1 is 1.35 bits per heavy atom. The number of rotatable bonds is 6. The molecule has 0 N–H and O–H groups in total. The van der Waals surface area contributed by atoms with Crippen LogP contribution in [0.25, 0.3) is 0 Å². The molecule has 0 bridgehead atoms. The van der Waals surface area contributed by atoms with Crippen LogP contribution in [-0.4, -0.2) is 29.8 Å². The van der Waals surface area contributed by atoms with E-state index in [2.05, 4.69) is 38.7 Å². The molecular weight excluding hydrogens is 230 g/mol. The lowest BCUT2D eigenvalue weighted by molar-refractivity contribution is 0.0851. The van der Waals surface area contributed by atoms with Gasteiger partial charge in [-0.2, -0.15) is 0 Å². The molecule has 0 aliphatic heterocycles. The van der Waals surface area contributed by atoms with Crippen LogP contribution in [0.4, 0.5) is 0 Å². The molecule has 96 valence electrons. The summed E-state index contributed by atoms with van der Waals surface area (Å²) >= 11 is 1.62. The SMILES string of the molecule is CCc1ccc(C(=O)CN(C)C(C)(C)CC)s1. The summed E-state index contributed by atoms with van der Waals surface area (Å²) < 4.78 is 0. The van der Waals surface area contributed by atoms with Crippen LogP contribution in [0.1, 0.15) is 48.7 Å². The Morgan fingerprint density at radius 3 is 2.47 bits per heavy atom. The number of hydrogen-bond acceptors (Lipinski definition) is 3. The minimum Gasteiger partial charge on any atom is -0.294 e. The van der Waals surface area contributed by atoms with Gasteiger partial charge >= 0.3 is 0 Å². The van der Waals surface area contributed by atoms with Crippen molar-refractivity contribution in [3.8, 4) is 0 Å². The molecule has 1 rings (SSSR count). The number of carbonyl (C=O) groups is 1. The highest BCUT2D eigenvalue weighted by Crippen LogP contribution is 2.20. The van der Waals surface area contributed by atoms with Crippen molar-refractivity contribution in [1.29, 1.82) is 0 Å². The highest BCUT2D eigenvalue weighted by atomic mass is 32.1. The molecular formula is C14H23NOS. The highest BCUT2D eigenvalue weighted by molar-refractivity contribution is 7.14. The molecule has 0 saturated heterocycles. The van der Waals surface area contributed by atoms with Gasteiger partial charge in [0.1, 0.15) is 0 Å². The molecule has 0 radical (unpaired) electrons. The minimum atomic E-state index is 0.0838. The maximum Gasteiger partial charge on any atom is 0.186 e.